The maximum absolute atomic E-state index is 13.3. The molecule has 0 aliphatic carbocycles. The Morgan fingerprint density at radius 3 is 2.21 bits per heavy atom. The van der Waals surface area contributed by atoms with Crippen LogP contribution < -0.4 is 10.6 Å². The normalized spacial score (nSPS) is 15.2. The maximum Gasteiger partial charge on any atom is 0.338 e. The summed E-state index contributed by atoms with van der Waals surface area (Å²) in [6, 6.07) is 25.5. The van der Waals surface area contributed by atoms with Crippen molar-refractivity contribution in [2.45, 2.75) is 39.2 Å². The van der Waals surface area contributed by atoms with Gasteiger partial charge in [-0.05, 0) is 48.6 Å². The molecular formula is C31H33N3O4. The number of amides is 3. The van der Waals surface area contributed by atoms with Gasteiger partial charge in [-0.2, -0.15) is 0 Å². The summed E-state index contributed by atoms with van der Waals surface area (Å²) in [5.74, 6) is -0.558. The van der Waals surface area contributed by atoms with E-state index < -0.39 is 12.0 Å². The molecule has 0 saturated heterocycles. The van der Waals surface area contributed by atoms with Crippen molar-refractivity contribution in [2.24, 2.45) is 0 Å². The number of carbonyl (C=O) groups excluding carboxylic acids is 3. The highest BCUT2D eigenvalue weighted by Crippen LogP contribution is 2.37. The van der Waals surface area contributed by atoms with E-state index in [0.717, 1.165) is 17.5 Å². The summed E-state index contributed by atoms with van der Waals surface area (Å²) < 4.78 is 5.45. The van der Waals surface area contributed by atoms with Crippen LogP contribution in [0, 0.1) is 0 Å². The van der Waals surface area contributed by atoms with Crippen molar-refractivity contribution in [3.8, 4) is 0 Å². The highest BCUT2D eigenvalue weighted by molar-refractivity contribution is 6.04. The first kappa shape index (κ1) is 26.7. The van der Waals surface area contributed by atoms with Gasteiger partial charge in [0.25, 0.3) is 0 Å². The number of aryl methyl sites for hydroxylation is 1. The van der Waals surface area contributed by atoms with E-state index in [9.17, 15) is 14.4 Å². The summed E-state index contributed by atoms with van der Waals surface area (Å²) in [5, 5.41) is 5.92. The van der Waals surface area contributed by atoms with Gasteiger partial charge in [-0.25, -0.2) is 9.59 Å². The van der Waals surface area contributed by atoms with E-state index in [2.05, 4.69) is 10.6 Å². The third-order valence-electron chi connectivity index (χ3n) is 6.33. The number of nitrogens with one attached hydrogen (secondary N) is 2. The van der Waals surface area contributed by atoms with Crippen LogP contribution in [0.1, 0.15) is 49.4 Å². The lowest BCUT2D eigenvalue weighted by molar-refractivity contribution is -0.139. The molecule has 7 heteroatoms. The molecule has 4 rings (SSSR count). The second-order valence-corrected chi connectivity index (χ2v) is 9.04. The Balaban J connectivity index is 1.62. The van der Waals surface area contributed by atoms with Gasteiger partial charge in [0.1, 0.15) is 0 Å². The Bertz CT molecular complexity index is 1290. The first-order valence-corrected chi connectivity index (χ1v) is 13.0. The van der Waals surface area contributed by atoms with Crippen LogP contribution in [0.2, 0.25) is 0 Å². The molecule has 0 aromatic heterocycles. The number of esters is 1. The molecule has 1 aliphatic rings. The number of urea groups is 1. The quantitative estimate of drug-likeness (QED) is 0.342. The molecule has 2 N–H and O–H groups in total. The predicted octanol–water partition coefficient (Wildman–Crippen LogP) is 5.71. The fourth-order valence-corrected chi connectivity index (χ4v) is 4.56. The minimum absolute atomic E-state index is 0.0822. The molecule has 1 heterocycles. The summed E-state index contributed by atoms with van der Waals surface area (Å²) in [4.78, 5) is 40.7. The predicted molar refractivity (Wildman–Crippen MR) is 148 cm³/mol. The molecule has 7 nitrogen and oxygen atoms in total. The lowest BCUT2D eigenvalue weighted by atomic mass is 9.91. The zero-order chi connectivity index (χ0) is 26.9. The Morgan fingerprint density at radius 2 is 1.58 bits per heavy atom. The number of benzene rings is 3. The highest BCUT2D eigenvalue weighted by Gasteiger charge is 2.38. The van der Waals surface area contributed by atoms with E-state index in [0.29, 0.717) is 41.9 Å². The SMILES string of the molecule is CCCN1C(=O)NC(c2ccc(NC(=O)CCc3ccccc3)cc2)C(C(=O)OCC)=C1c1ccccc1. The van der Waals surface area contributed by atoms with Crippen LogP contribution in [-0.2, 0) is 20.7 Å². The topological polar surface area (TPSA) is 87.7 Å². The molecule has 3 aromatic rings. The smallest absolute Gasteiger partial charge is 0.338 e. The first-order chi connectivity index (χ1) is 18.5. The van der Waals surface area contributed by atoms with E-state index in [-0.39, 0.29) is 18.5 Å². The third-order valence-corrected chi connectivity index (χ3v) is 6.33. The van der Waals surface area contributed by atoms with Crippen molar-refractivity contribution >= 4 is 29.3 Å². The average molecular weight is 512 g/mol. The molecular weight excluding hydrogens is 478 g/mol. The average Bonchev–Trinajstić information content (AvgIpc) is 2.94. The molecule has 38 heavy (non-hydrogen) atoms. The first-order valence-electron chi connectivity index (χ1n) is 13.0. The molecule has 1 atom stereocenters. The van der Waals surface area contributed by atoms with Gasteiger partial charge in [-0.3, -0.25) is 9.69 Å². The number of carbonyl (C=O) groups is 3. The number of anilines is 1. The number of rotatable bonds is 10. The zero-order valence-corrected chi connectivity index (χ0v) is 21.8. The van der Waals surface area contributed by atoms with Gasteiger partial charge in [-0.15, -0.1) is 0 Å². The van der Waals surface area contributed by atoms with E-state index in [1.807, 2.05) is 79.7 Å². The number of nitrogens with zero attached hydrogens (tertiary/aromatic N) is 1. The highest BCUT2D eigenvalue weighted by atomic mass is 16.5. The lowest BCUT2D eigenvalue weighted by Crippen LogP contribution is -2.48. The fraction of sp³-hybridized carbons (Fsp3) is 0.258. The van der Waals surface area contributed by atoms with Crippen LogP contribution >= 0.6 is 0 Å². The van der Waals surface area contributed by atoms with Crippen molar-refractivity contribution in [3.63, 3.8) is 0 Å². The molecule has 0 spiro atoms. The lowest BCUT2D eigenvalue weighted by Gasteiger charge is -2.36. The largest absolute Gasteiger partial charge is 0.463 e. The Labute approximate surface area is 223 Å². The van der Waals surface area contributed by atoms with Crippen molar-refractivity contribution < 1.29 is 19.1 Å². The van der Waals surface area contributed by atoms with Gasteiger partial charge in [0.05, 0.1) is 23.9 Å². The molecule has 196 valence electrons. The molecule has 0 bridgehead atoms. The third kappa shape index (κ3) is 6.29. The molecule has 0 fully saturated rings. The Hall–Kier alpha value is -4.39. The molecule has 1 aliphatic heterocycles. The summed E-state index contributed by atoms with van der Waals surface area (Å²) in [7, 11) is 0. The van der Waals surface area contributed by atoms with Crippen LogP contribution in [0.25, 0.3) is 5.70 Å². The number of hydrogen-bond acceptors (Lipinski definition) is 4. The second kappa shape index (κ2) is 12.7. The van der Waals surface area contributed by atoms with Gasteiger partial charge >= 0.3 is 12.0 Å². The zero-order valence-electron chi connectivity index (χ0n) is 21.8. The monoisotopic (exact) mass is 511 g/mol. The van der Waals surface area contributed by atoms with Gasteiger partial charge in [0.15, 0.2) is 0 Å². The van der Waals surface area contributed by atoms with E-state index in [4.69, 9.17) is 4.74 Å². The van der Waals surface area contributed by atoms with E-state index in [1.165, 1.54) is 0 Å². The van der Waals surface area contributed by atoms with Gasteiger partial charge in [0.2, 0.25) is 5.91 Å². The fourth-order valence-electron chi connectivity index (χ4n) is 4.56. The van der Waals surface area contributed by atoms with E-state index in [1.54, 1.807) is 24.0 Å². The summed E-state index contributed by atoms with van der Waals surface area (Å²) in [5.41, 5.74) is 4.17. The number of hydrogen-bond donors (Lipinski definition) is 2. The Morgan fingerprint density at radius 1 is 0.921 bits per heavy atom. The standard InChI is InChI=1S/C31H33N3O4/c1-3-21-34-29(24-13-9-6-10-14-24)27(30(36)38-4-2)28(33-31(34)37)23-16-18-25(19-17-23)32-26(35)20-15-22-11-7-5-8-12-22/h5-14,16-19,28H,3-4,15,20-21H2,1-2H3,(H,32,35)(H,33,37). The minimum Gasteiger partial charge on any atom is -0.463 e. The van der Waals surface area contributed by atoms with Crippen molar-refractivity contribution in [3.05, 3.63) is 107 Å². The van der Waals surface area contributed by atoms with Crippen molar-refractivity contribution in [1.29, 1.82) is 0 Å². The Kier molecular flexibility index (Phi) is 8.93. The molecule has 3 amide bonds. The van der Waals surface area contributed by atoms with Gasteiger partial charge in [-0.1, -0.05) is 79.7 Å². The van der Waals surface area contributed by atoms with Crippen molar-refractivity contribution in [2.75, 3.05) is 18.5 Å². The van der Waals surface area contributed by atoms with Gasteiger partial charge in [0, 0.05) is 18.7 Å². The molecule has 0 saturated carbocycles. The summed E-state index contributed by atoms with van der Waals surface area (Å²) in [6.45, 7) is 4.42. The number of ether oxygens (including phenoxy) is 1. The van der Waals surface area contributed by atoms with Crippen molar-refractivity contribution in [1.82, 2.24) is 10.2 Å². The summed E-state index contributed by atoms with van der Waals surface area (Å²) >= 11 is 0. The molecule has 3 aromatic carbocycles. The second-order valence-electron chi connectivity index (χ2n) is 9.04. The summed E-state index contributed by atoms with van der Waals surface area (Å²) in [6.07, 6.45) is 1.75. The molecule has 0 radical (unpaired) electrons. The van der Waals surface area contributed by atoms with Crippen LogP contribution in [-0.4, -0.2) is 36.0 Å². The molecule has 1 unspecified atom stereocenters. The van der Waals surface area contributed by atoms with E-state index >= 15 is 0 Å². The van der Waals surface area contributed by atoms with Crippen LogP contribution in [0.5, 0.6) is 0 Å². The maximum atomic E-state index is 13.3. The van der Waals surface area contributed by atoms with Crippen LogP contribution in [0.15, 0.2) is 90.5 Å². The minimum atomic E-state index is -0.701. The van der Waals surface area contributed by atoms with Crippen LogP contribution in [0.3, 0.4) is 0 Å². The van der Waals surface area contributed by atoms with Crippen LogP contribution in [0.4, 0.5) is 10.5 Å². The van der Waals surface area contributed by atoms with Gasteiger partial charge < -0.3 is 15.4 Å².